The first-order valence-corrected chi connectivity index (χ1v) is 9.22. The molecule has 3 rings (SSSR count). The molecule has 0 aliphatic rings. The van der Waals surface area contributed by atoms with Gasteiger partial charge in [-0.15, -0.1) is 0 Å². The van der Waals surface area contributed by atoms with Crippen LogP contribution < -0.4 is 5.32 Å². The van der Waals surface area contributed by atoms with Gasteiger partial charge in [0, 0.05) is 29.1 Å². The Morgan fingerprint density at radius 2 is 2.21 bits per heavy atom. The number of hydrogen-bond acceptors (Lipinski definition) is 4. The summed E-state index contributed by atoms with van der Waals surface area (Å²) in [5.74, 6) is -0.148. The second-order valence-corrected chi connectivity index (χ2v) is 7.24. The van der Waals surface area contributed by atoms with E-state index in [1.54, 1.807) is 29.8 Å². The van der Waals surface area contributed by atoms with Gasteiger partial charge in [0.05, 0.1) is 17.3 Å². The third-order valence-electron chi connectivity index (χ3n) is 3.69. The van der Waals surface area contributed by atoms with Crippen LogP contribution in [-0.2, 0) is 0 Å². The van der Waals surface area contributed by atoms with Gasteiger partial charge in [-0.3, -0.25) is 14.5 Å². The lowest BCUT2D eigenvalue weighted by Crippen LogP contribution is -2.32. The fourth-order valence-electron chi connectivity index (χ4n) is 2.60. The zero-order chi connectivity index (χ0) is 17.1. The van der Waals surface area contributed by atoms with Crippen LogP contribution in [0, 0.1) is 13.8 Å². The molecule has 3 heterocycles. The lowest BCUT2D eigenvalue weighted by atomic mass is 10.1. The van der Waals surface area contributed by atoms with E-state index in [0.717, 1.165) is 21.4 Å². The van der Waals surface area contributed by atoms with E-state index in [2.05, 4.69) is 42.8 Å². The van der Waals surface area contributed by atoms with Crippen LogP contribution in [0.3, 0.4) is 0 Å². The van der Waals surface area contributed by atoms with Gasteiger partial charge in [-0.2, -0.15) is 16.4 Å². The highest BCUT2D eigenvalue weighted by atomic mass is 79.9. The highest BCUT2D eigenvalue weighted by Crippen LogP contribution is 2.22. The van der Waals surface area contributed by atoms with Crippen molar-refractivity contribution in [1.29, 1.82) is 0 Å². The van der Waals surface area contributed by atoms with Crippen molar-refractivity contribution in [1.82, 2.24) is 20.1 Å². The van der Waals surface area contributed by atoms with Gasteiger partial charge in [0.1, 0.15) is 0 Å². The first-order valence-electron chi connectivity index (χ1n) is 7.48. The first kappa shape index (κ1) is 16.9. The molecule has 3 aromatic heterocycles. The Morgan fingerprint density at radius 3 is 2.83 bits per heavy atom. The standard InChI is InChI=1S/C17H17BrN4OS/c1-11-5-12(2)22(21-11)16(13-3-4-24-10-13)9-20-17(23)14-6-15(18)8-19-7-14/h3-8,10,16H,9H2,1-2H3,(H,20,23)/t16-/m0/s1. The van der Waals surface area contributed by atoms with Crippen LogP contribution in [0.2, 0.25) is 0 Å². The molecule has 0 aromatic carbocycles. The fourth-order valence-corrected chi connectivity index (χ4v) is 3.67. The van der Waals surface area contributed by atoms with Gasteiger partial charge in [-0.05, 0) is 64.3 Å². The minimum atomic E-state index is -0.148. The topological polar surface area (TPSA) is 59.8 Å². The molecule has 0 saturated heterocycles. The Labute approximate surface area is 152 Å². The van der Waals surface area contributed by atoms with E-state index in [4.69, 9.17) is 0 Å². The lowest BCUT2D eigenvalue weighted by Gasteiger charge is -2.19. The largest absolute Gasteiger partial charge is 0.349 e. The van der Waals surface area contributed by atoms with Crippen molar-refractivity contribution >= 4 is 33.2 Å². The van der Waals surface area contributed by atoms with E-state index in [1.807, 2.05) is 30.0 Å². The molecule has 24 heavy (non-hydrogen) atoms. The second-order valence-electron chi connectivity index (χ2n) is 5.55. The molecule has 0 bridgehead atoms. The van der Waals surface area contributed by atoms with Crippen LogP contribution in [0.15, 0.2) is 45.8 Å². The van der Waals surface area contributed by atoms with Gasteiger partial charge in [0.15, 0.2) is 0 Å². The zero-order valence-electron chi connectivity index (χ0n) is 13.4. The number of rotatable bonds is 5. The summed E-state index contributed by atoms with van der Waals surface area (Å²) in [6.07, 6.45) is 3.21. The Balaban J connectivity index is 1.80. The number of nitrogens with one attached hydrogen (secondary N) is 1. The van der Waals surface area contributed by atoms with Crippen molar-refractivity contribution < 1.29 is 4.79 Å². The van der Waals surface area contributed by atoms with Crippen LogP contribution in [0.1, 0.15) is 33.4 Å². The molecule has 0 spiro atoms. The predicted molar refractivity (Wildman–Crippen MR) is 98.4 cm³/mol. The average Bonchev–Trinajstić information content (AvgIpc) is 3.18. The molecule has 0 aliphatic carbocycles. The Kier molecular flexibility index (Phi) is 5.11. The smallest absolute Gasteiger partial charge is 0.252 e. The van der Waals surface area contributed by atoms with Crippen LogP contribution in [0.25, 0.3) is 0 Å². The number of hydrogen-bond donors (Lipinski definition) is 1. The van der Waals surface area contributed by atoms with E-state index in [-0.39, 0.29) is 11.9 Å². The summed E-state index contributed by atoms with van der Waals surface area (Å²) >= 11 is 4.97. The van der Waals surface area contributed by atoms with Crippen LogP contribution in [0.5, 0.6) is 0 Å². The summed E-state index contributed by atoms with van der Waals surface area (Å²) in [6, 6.07) is 5.83. The van der Waals surface area contributed by atoms with E-state index in [9.17, 15) is 4.79 Å². The van der Waals surface area contributed by atoms with E-state index >= 15 is 0 Å². The molecule has 7 heteroatoms. The van der Waals surface area contributed by atoms with Crippen LogP contribution >= 0.6 is 27.3 Å². The van der Waals surface area contributed by atoms with Gasteiger partial charge in [0.2, 0.25) is 0 Å². The Morgan fingerprint density at radius 1 is 1.38 bits per heavy atom. The van der Waals surface area contributed by atoms with E-state index < -0.39 is 0 Å². The summed E-state index contributed by atoms with van der Waals surface area (Å²) in [4.78, 5) is 16.4. The lowest BCUT2D eigenvalue weighted by molar-refractivity contribution is 0.0948. The first-order chi connectivity index (χ1) is 11.5. The van der Waals surface area contributed by atoms with Gasteiger partial charge in [0.25, 0.3) is 5.91 Å². The third-order valence-corrected chi connectivity index (χ3v) is 4.83. The van der Waals surface area contributed by atoms with Gasteiger partial charge in [-0.1, -0.05) is 0 Å². The van der Waals surface area contributed by atoms with Crippen molar-refractivity contribution in [2.75, 3.05) is 6.54 Å². The molecule has 3 aromatic rings. The maximum atomic E-state index is 12.4. The number of nitrogens with zero attached hydrogens (tertiary/aromatic N) is 3. The monoisotopic (exact) mass is 404 g/mol. The highest BCUT2D eigenvalue weighted by molar-refractivity contribution is 9.10. The molecule has 0 aliphatic heterocycles. The maximum Gasteiger partial charge on any atom is 0.252 e. The van der Waals surface area contributed by atoms with Crippen molar-refractivity contribution in [3.63, 3.8) is 0 Å². The molecule has 124 valence electrons. The van der Waals surface area contributed by atoms with Gasteiger partial charge >= 0.3 is 0 Å². The number of carbonyl (C=O) groups excluding carboxylic acids is 1. The summed E-state index contributed by atoms with van der Waals surface area (Å²) in [7, 11) is 0. The van der Waals surface area contributed by atoms with Crippen molar-refractivity contribution in [3.05, 3.63) is 68.3 Å². The zero-order valence-corrected chi connectivity index (χ0v) is 15.8. The third kappa shape index (κ3) is 3.73. The van der Waals surface area contributed by atoms with Crippen molar-refractivity contribution in [2.24, 2.45) is 0 Å². The molecule has 0 fully saturated rings. The maximum absolute atomic E-state index is 12.4. The molecule has 1 N–H and O–H groups in total. The highest BCUT2D eigenvalue weighted by Gasteiger charge is 2.19. The SMILES string of the molecule is Cc1cc(C)n([C@@H](CNC(=O)c2cncc(Br)c2)c2ccsc2)n1. The number of aromatic nitrogens is 3. The molecule has 1 amide bonds. The molecule has 0 saturated carbocycles. The summed E-state index contributed by atoms with van der Waals surface area (Å²) in [5, 5.41) is 11.7. The fraction of sp³-hybridized carbons (Fsp3) is 0.235. The number of pyridine rings is 1. The summed E-state index contributed by atoms with van der Waals surface area (Å²) < 4.78 is 2.75. The molecular formula is C17H17BrN4OS. The normalized spacial score (nSPS) is 12.1. The Bertz CT molecular complexity index is 844. The average molecular weight is 405 g/mol. The second kappa shape index (κ2) is 7.27. The van der Waals surface area contributed by atoms with Gasteiger partial charge < -0.3 is 5.32 Å². The van der Waals surface area contributed by atoms with Gasteiger partial charge in [-0.25, -0.2) is 0 Å². The minimum Gasteiger partial charge on any atom is -0.349 e. The summed E-state index contributed by atoms with van der Waals surface area (Å²) in [6.45, 7) is 4.46. The number of aryl methyl sites for hydroxylation is 2. The number of carbonyl (C=O) groups is 1. The molecule has 0 unspecified atom stereocenters. The summed E-state index contributed by atoms with van der Waals surface area (Å²) in [5.41, 5.74) is 3.71. The van der Waals surface area contributed by atoms with E-state index in [1.165, 1.54) is 0 Å². The predicted octanol–water partition coefficient (Wildman–Crippen LogP) is 3.74. The number of amides is 1. The number of thiophene rings is 1. The molecular weight excluding hydrogens is 388 g/mol. The molecule has 1 atom stereocenters. The van der Waals surface area contributed by atoms with Crippen molar-refractivity contribution in [3.8, 4) is 0 Å². The van der Waals surface area contributed by atoms with Crippen LogP contribution in [-0.4, -0.2) is 27.2 Å². The minimum absolute atomic E-state index is 0.0333. The molecule has 5 nitrogen and oxygen atoms in total. The number of halogens is 1. The van der Waals surface area contributed by atoms with E-state index in [0.29, 0.717) is 12.1 Å². The quantitative estimate of drug-likeness (QED) is 0.704. The van der Waals surface area contributed by atoms with Crippen molar-refractivity contribution in [2.45, 2.75) is 19.9 Å². The Hall–Kier alpha value is -1.99. The van der Waals surface area contributed by atoms with Crippen LogP contribution in [0.4, 0.5) is 0 Å². The molecule has 0 radical (unpaired) electrons.